The number of aryl methyl sites for hydroxylation is 1. The fraction of sp³-hybridized carbons (Fsp3) is 0.765. The minimum Gasteiger partial charge on any atom is -0.387 e. The summed E-state index contributed by atoms with van der Waals surface area (Å²) in [5, 5.41) is 18.3. The van der Waals surface area contributed by atoms with Gasteiger partial charge in [-0.2, -0.15) is 0 Å². The predicted molar refractivity (Wildman–Crippen MR) is 118 cm³/mol. The van der Waals surface area contributed by atoms with E-state index in [2.05, 4.69) is 32.4 Å². The van der Waals surface area contributed by atoms with Crippen LogP contribution in [-0.4, -0.2) is 79.0 Å². The number of hydrogen-bond acceptors (Lipinski definition) is 6. The molecule has 26 heavy (non-hydrogen) atoms. The largest absolute Gasteiger partial charge is 0.387 e. The van der Waals surface area contributed by atoms with Gasteiger partial charge in [-0.25, -0.2) is 4.98 Å². The first-order chi connectivity index (χ1) is 12.0. The van der Waals surface area contributed by atoms with Crippen LogP contribution >= 0.6 is 35.3 Å². The Morgan fingerprint density at radius 2 is 2.15 bits per heavy atom. The van der Waals surface area contributed by atoms with Crippen LogP contribution in [0.1, 0.15) is 23.7 Å². The summed E-state index contributed by atoms with van der Waals surface area (Å²) < 4.78 is 5.35. The Hall–Kier alpha value is -0.490. The minimum absolute atomic E-state index is 0. The lowest BCUT2D eigenvalue weighted by molar-refractivity contribution is -0.0179. The van der Waals surface area contributed by atoms with Crippen molar-refractivity contribution < 1.29 is 9.84 Å². The average Bonchev–Trinajstić information content (AvgIpc) is 2.98. The van der Waals surface area contributed by atoms with Gasteiger partial charge in [0.15, 0.2) is 5.96 Å². The first kappa shape index (κ1) is 23.5. The van der Waals surface area contributed by atoms with Crippen LogP contribution in [0.2, 0.25) is 0 Å². The minimum atomic E-state index is -0.855. The summed E-state index contributed by atoms with van der Waals surface area (Å²) in [5.41, 5.74) is -0.855. The molecule has 9 heteroatoms. The molecule has 7 nitrogen and oxygen atoms in total. The van der Waals surface area contributed by atoms with Gasteiger partial charge < -0.3 is 20.5 Å². The third kappa shape index (κ3) is 8.94. The SMILES string of the molecule is CCNC(=NCC(C)(O)CN1CCOCC1)NCCc1ncc(C)s1.I. The number of nitrogens with one attached hydrogen (secondary N) is 2. The number of rotatable bonds is 8. The van der Waals surface area contributed by atoms with Gasteiger partial charge in [-0.3, -0.25) is 9.89 Å². The number of ether oxygens (including phenoxy) is 1. The van der Waals surface area contributed by atoms with Crippen molar-refractivity contribution in [3.8, 4) is 0 Å². The van der Waals surface area contributed by atoms with Crippen molar-refractivity contribution in [3.05, 3.63) is 16.1 Å². The van der Waals surface area contributed by atoms with E-state index in [0.29, 0.717) is 13.1 Å². The third-order valence-corrected chi connectivity index (χ3v) is 4.86. The highest BCUT2D eigenvalue weighted by molar-refractivity contribution is 14.0. The van der Waals surface area contributed by atoms with Crippen LogP contribution in [0.25, 0.3) is 0 Å². The van der Waals surface area contributed by atoms with Crippen molar-refractivity contribution in [2.75, 3.05) is 52.5 Å². The summed E-state index contributed by atoms with van der Waals surface area (Å²) in [4.78, 5) is 12.4. The molecule has 0 spiro atoms. The molecule has 3 N–H and O–H groups in total. The smallest absolute Gasteiger partial charge is 0.191 e. The normalized spacial score (nSPS) is 18.1. The van der Waals surface area contributed by atoms with E-state index in [1.54, 1.807) is 11.3 Å². The van der Waals surface area contributed by atoms with E-state index >= 15 is 0 Å². The summed E-state index contributed by atoms with van der Waals surface area (Å²) >= 11 is 1.72. The molecule has 0 amide bonds. The molecule has 1 unspecified atom stereocenters. The van der Waals surface area contributed by atoms with Crippen molar-refractivity contribution in [3.63, 3.8) is 0 Å². The summed E-state index contributed by atoms with van der Waals surface area (Å²) in [6.07, 6.45) is 2.77. The van der Waals surface area contributed by atoms with Crippen LogP contribution in [0, 0.1) is 6.92 Å². The van der Waals surface area contributed by atoms with Crippen LogP contribution in [0.3, 0.4) is 0 Å². The van der Waals surface area contributed by atoms with Crippen molar-refractivity contribution in [1.82, 2.24) is 20.5 Å². The molecule has 1 aliphatic rings. The van der Waals surface area contributed by atoms with Crippen molar-refractivity contribution >= 4 is 41.3 Å². The quantitative estimate of drug-likeness (QED) is 0.285. The first-order valence-electron chi connectivity index (χ1n) is 8.94. The van der Waals surface area contributed by atoms with E-state index in [-0.39, 0.29) is 24.0 Å². The molecule has 1 atom stereocenters. The fourth-order valence-electron chi connectivity index (χ4n) is 2.69. The first-order valence-corrected chi connectivity index (χ1v) is 9.76. The zero-order valence-corrected chi connectivity index (χ0v) is 19.1. The number of aliphatic hydroxyl groups is 1. The number of halogens is 1. The molecule has 0 aliphatic carbocycles. The second-order valence-electron chi connectivity index (χ2n) is 6.62. The number of aliphatic imine (C=N–C) groups is 1. The predicted octanol–water partition coefficient (Wildman–Crippen LogP) is 1.25. The molecule has 150 valence electrons. The van der Waals surface area contributed by atoms with Gasteiger partial charge in [0.05, 0.1) is 30.4 Å². The van der Waals surface area contributed by atoms with Crippen LogP contribution < -0.4 is 10.6 Å². The van der Waals surface area contributed by atoms with E-state index in [1.807, 2.05) is 20.0 Å². The number of guanidine groups is 1. The second kappa shape index (κ2) is 12.1. The number of thiazole rings is 1. The number of hydrogen-bond donors (Lipinski definition) is 3. The average molecular weight is 497 g/mol. The monoisotopic (exact) mass is 497 g/mol. The van der Waals surface area contributed by atoms with E-state index in [9.17, 15) is 5.11 Å². The van der Waals surface area contributed by atoms with Gasteiger partial charge in [-0.15, -0.1) is 35.3 Å². The molecule has 2 heterocycles. The highest BCUT2D eigenvalue weighted by atomic mass is 127. The Morgan fingerprint density at radius 1 is 1.42 bits per heavy atom. The summed E-state index contributed by atoms with van der Waals surface area (Å²) in [7, 11) is 0. The van der Waals surface area contributed by atoms with Gasteiger partial charge in [0, 0.05) is 50.2 Å². The molecule has 2 rings (SSSR count). The Labute approximate surface area is 177 Å². The summed E-state index contributed by atoms with van der Waals surface area (Å²) in [5.74, 6) is 0.734. The van der Waals surface area contributed by atoms with Gasteiger partial charge in [0.1, 0.15) is 0 Å². The highest BCUT2D eigenvalue weighted by Gasteiger charge is 2.25. The summed E-state index contributed by atoms with van der Waals surface area (Å²) in [6.45, 7) is 11.7. The number of nitrogens with zero attached hydrogens (tertiary/aromatic N) is 3. The molecule has 1 aliphatic heterocycles. The Morgan fingerprint density at radius 3 is 2.77 bits per heavy atom. The van der Waals surface area contributed by atoms with Crippen LogP contribution in [-0.2, 0) is 11.2 Å². The van der Waals surface area contributed by atoms with Crippen molar-refractivity contribution in [1.29, 1.82) is 0 Å². The molecule has 1 fully saturated rings. The van der Waals surface area contributed by atoms with Gasteiger partial charge in [0.25, 0.3) is 0 Å². The van der Waals surface area contributed by atoms with E-state index < -0.39 is 5.60 Å². The molecule has 1 saturated heterocycles. The van der Waals surface area contributed by atoms with Gasteiger partial charge >= 0.3 is 0 Å². The zero-order valence-electron chi connectivity index (χ0n) is 16.0. The lowest BCUT2D eigenvalue weighted by Crippen LogP contribution is -2.48. The molecule has 1 aromatic rings. The third-order valence-electron chi connectivity index (χ3n) is 3.89. The number of aromatic nitrogens is 1. The maximum absolute atomic E-state index is 10.6. The molecule has 0 aromatic carbocycles. The zero-order chi connectivity index (χ0) is 18.1. The van der Waals surface area contributed by atoms with Crippen molar-refractivity contribution in [2.24, 2.45) is 4.99 Å². The van der Waals surface area contributed by atoms with Gasteiger partial charge in [-0.1, -0.05) is 0 Å². The van der Waals surface area contributed by atoms with E-state index in [0.717, 1.165) is 56.8 Å². The maximum atomic E-state index is 10.6. The standard InChI is InChI=1S/C17H31N5O2S.HI/c1-4-18-16(19-6-5-15-20-11-14(2)25-15)21-12-17(3,23)13-22-7-9-24-10-8-22;/h11,23H,4-10,12-13H2,1-3H3,(H2,18,19,21);1H. The Balaban J connectivity index is 0.00000338. The molecule has 1 aromatic heterocycles. The topological polar surface area (TPSA) is 82.0 Å². The lowest BCUT2D eigenvalue weighted by Gasteiger charge is -2.33. The molecular weight excluding hydrogens is 465 g/mol. The highest BCUT2D eigenvalue weighted by Crippen LogP contribution is 2.11. The molecule has 0 bridgehead atoms. The van der Waals surface area contributed by atoms with E-state index in [1.165, 1.54) is 4.88 Å². The lowest BCUT2D eigenvalue weighted by atomic mass is 10.1. The fourth-order valence-corrected chi connectivity index (χ4v) is 3.47. The second-order valence-corrected chi connectivity index (χ2v) is 7.94. The van der Waals surface area contributed by atoms with Crippen LogP contribution in [0.15, 0.2) is 11.2 Å². The molecule has 0 saturated carbocycles. The van der Waals surface area contributed by atoms with Crippen molar-refractivity contribution in [2.45, 2.75) is 32.8 Å². The van der Waals surface area contributed by atoms with Crippen LogP contribution in [0.4, 0.5) is 0 Å². The molecule has 0 radical (unpaired) electrons. The maximum Gasteiger partial charge on any atom is 0.191 e. The Bertz CT molecular complexity index is 547. The molecular formula is C17H32IN5O2S. The van der Waals surface area contributed by atoms with E-state index in [4.69, 9.17) is 4.74 Å². The number of morpholine rings is 1. The van der Waals surface area contributed by atoms with Gasteiger partial charge in [0.2, 0.25) is 0 Å². The van der Waals surface area contributed by atoms with Crippen LogP contribution in [0.5, 0.6) is 0 Å². The Kier molecular flexibility index (Phi) is 10.9. The van der Waals surface area contributed by atoms with Gasteiger partial charge in [-0.05, 0) is 20.8 Å². The number of β-amino-alcohol motifs (C(OH)–C–C–N with tert-alkyl or cyclic N) is 1. The summed E-state index contributed by atoms with van der Waals surface area (Å²) in [6, 6.07) is 0.